The van der Waals surface area contributed by atoms with E-state index in [1.54, 1.807) is 13.8 Å². The topological polar surface area (TPSA) is 85.2 Å². The average molecular weight is 455 g/mol. The summed E-state index contributed by atoms with van der Waals surface area (Å²) in [5, 5.41) is 9.86. The lowest BCUT2D eigenvalue weighted by atomic mass is 10.0. The van der Waals surface area contributed by atoms with Crippen LogP contribution in [0.2, 0.25) is 5.02 Å². The van der Waals surface area contributed by atoms with Crippen molar-refractivity contribution in [1.82, 2.24) is 0 Å². The van der Waals surface area contributed by atoms with Gasteiger partial charge in [-0.3, -0.25) is 4.57 Å². The minimum atomic E-state index is -4.50. The summed E-state index contributed by atoms with van der Waals surface area (Å²) < 4.78 is 64.3. The Balaban J connectivity index is 2.04. The summed E-state index contributed by atoms with van der Waals surface area (Å²) in [6.45, 7) is 2.76. The minimum absolute atomic E-state index is 0.0560. The fraction of sp³-hybridized carbons (Fsp3) is 0.333. The highest BCUT2D eigenvalue weighted by molar-refractivity contribution is 7.32. The minimum Gasteiger partial charge on any atom is -0.485 e. The molecule has 0 aliphatic carbocycles. The zero-order chi connectivity index (χ0) is 21.8. The number of rotatable bonds is 8. The SMILES string of the molecule is CC(C)(Oc1ccc(Oc2ccc(C(F)(F)F)cc2Cl)cc1)C(O)CO[PH](=O)O. The maximum absolute atomic E-state index is 12.7. The third kappa shape index (κ3) is 6.90. The lowest BCUT2D eigenvalue weighted by Crippen LogP contribution is -2.44. The van der Waals surface area contributed by atoms with E-state index in [0.717, 1.165) is 18.2 Å². The first kappa shape index (κ1) is 23.5. The lowest BCUT2D eigenvalue weighted by molar-refractivity contribution is -0.137. The third-order valence-corrected chi connectivity index (χ3v) is 4.57. The summed E-state index contributed by atoms with van der Waals surface area (Å²) >= 11 is 5.86. The molecule has 2 aromatic rings. The van der Waals surface area contributed by atoms with Crippen LogP contribution in [0.1, 0.15) is 19.4 Å². The van der Waals surface area contributed by atoms with Crippen LogP contribution in [0.3, 0.4) is 0 Å². The molecule has 11 heteroatoms. The van der Waals surface area contributed by atoms with Crippen molar-refractivity contribution >= 4 is 19.9 Å². The molecule has 0 amide bonds. The maximum atomic E-state index is 12.7. The molecule has 2 aromatic carbocycles. The van der Waals surface area contributed by atoms with Gasteiger partial charge in [0.2, 0.25) is 0 Å². The van der Waals surface area contributed by atoms with Gasteiger partial charge < -0.3 is 24.0 Å². The van der Waals surface area contributed by atoms with E-state index in [1.807, 2.05) is 0 Å². The normalized spacial score (nSPS) is 14.3. The third-order valence-electron chi connectivity index (χ3n) is 3.86. The Hall–Kier alpha value is -1.77. The Morgan fingerprint density at radius 2 is 1.69 bits per heavy atom. The summed E-state index contributed by atoms with van der Waals surface area (Å²) in [6.07, 6.45) is -5.68. The Morgan fingerprint density at radius 3 is 2.21 bits per heavy atom. The molecule has 0 saturated heterocycles. The Labute approximate surface area is 170 Å². The number of hydrogen-bond donors (Lipinski definition) is 2. The van der Waals surface area contributed by atoms with Gasteiger partial charge in [-0.25, -0.2) is 0 Å². The van der Waals surface area contributed by atoms with Crippen LogP contribution in [0, 0.1) is 0 Å². The molecule has 0 bridgehead atoms. The van der Waals surface area contributed by atoms with E-state index in [0.29, 0.717) is 11.5 Å². The molecule has 2 unspecified atom stereocenters. The van der Waals surface area contributed by atoms with Crippen LogP contribution in [-0.4, -0.2) is 28.3 Å². The van der Waals surface area contributed by atoms with Crippen molar-refractivity contribution in [2.24, 2.45) is 0 Å². The first-order valence-electron chi connectivity index (χ1n) is 8.26. The van der Waals surface area contributed by atoms with Gasteiger partial charge in [0.1, 0.15) is 29.0 Å². The molecule has 0 aliphatic heterocycles. The molecule has 29 heavy (non-hydrogen) atoms. The van der Waals surface area contributed by atoms with E-state index in [-0.39, 0.29) is 17.4 Å². The Bertz CT molecular complexity index is 858. The van der Waals surface area contributed by atoms with E-state index in [1.165, 1.54) is 24.3 Å². The van der Waals surface area contributed by atoms with Crippen molar-refractivity contribution in [3.63, 3.8) is 0 Å². The summed E-state index contributed by atoms with van der Waals surface area (Å²) in [4.78, 5) is 8.68. The second-order valence-electron chi connectivity index (χ2n) is 6.51. The van der Waals surface area contributed by atoms with E-state index in [2.05, 4.69) is 4.52 Å². The molecule has 0 heterocycles. The molecule has 0 aliphatic rings. The van der Waals surface area contributed by atoms with Gasteiger partial charge in [-0.05, 0) is 56.3 Å². The number of aliphatic hydroxyl groups is 1. The van der Waals surface area contributed by atoms with Crippen molar-refractivity contribution < 1.29 is 41.7 Å². The number of ether oxygens (including phenoxy) is 2. The van der Waals surface area contributed by atoms with Crippen molar-refractivity contribution in [3.05, 3.63) is 53.1 Å². The summed E-state index contributed by atoms with van der Waals surface area (Å²) in [6, 6.07) is 8.84. The average Bonchev–Trinajstić information content (AvgIpc) is 2.61. The second kappa shape index (κ2) is 9.36. The van der Waals surface area contributed by atoms with Crippen LogP contribution in [-0.2, 0) is 15.3 Å². The lowest BCUT2D eigenvalue weighted by Gasteiger charge is -2.31. The quantitative estimate of drug-likeness (QED) is 0.542. The first-order chi connectivity index (χ1) is 13.4. The molecular formula is C18H19ClF3O6P. The van der Waals surface area contributed by atoms with Crippen molar-refractivity contribution in [3.8, 4) is 17.2 Å². The molecule has 0 spiro atoms. The van der Waals surface area contributed by atoms with Gasteiger partial charge >= 0.3 is 14.4 Å². The number of aliphatic hydroxyl groups excluding tert-OH is 1. The number of halogens is 4. The van der Waals surface area contributed by atoms with Crippen LogP contribution in [0.25, 0.3) is 0 Å². The monoisotopic (exact) mass is 454 g/mol. The fourth-order valence-corrected chi connectivity index (χ4v) is 2.70. The predicted molar refractivity (Wildman–Crippen MR) is 101 cm³/mol. The molecule has 2 atom stereocenters. The van der Waals surface area contributed by atoms with Crippen LogP contribution in [0.4, 0.5) is 13.2 Å². The standard InChI is InChI=1S/C18H19ClF3O6P/c1-17(2,16(23)10-26-29(24)25)28-13-6-4-12(5-7-13)27-15-8-3-11(9-14(15)19)18(20,21)22/h3-9,16,23,29H,10H2,1-2H3,(H,24,25). The van der Waals surface area contributed by atoms with Crippen molar-refractivity contribution in [1.29, 1.82) is 0 Å². The largest absolute Gasteiger partial charge is 0.485 e. The highest BCUT2D eigenvalue weighted by atomic mass is 35.5. The number of benzene rings is 2. The molecule has 160 valence electrons. The van der Waals surface area contributed by atoms with Gasteiger partial charge in [0.05, 0.1) is 17.2 Å². The molecule has 0 aromatic heterocycles. The van der Waals surface area contributed by atoms with Gasteiger partial charge in [-0.15, -0.1) is 0 Å². The van der Waals surface area contributed by atoms with Gasteiger partial charge in [0.15, 0.2) is 0 Å². The summed E-state index contributed by atoms with van der Waals surface area (Å²) in [7, 11) is -3.17. The highest BCUT2D eigenvalue weighted by Gasteiger charge is 2.32. The van der Waals surface area contributed by atoms with E-state index in [4.69, 9.17) is 26.0 Å². The first-order valence-corrected chi connectivity index (χ1v) is 9.90. The van der Waals surface area contributed by atoms with E-state index in [9.17, 15) is 22.8 Å². The predicted octanol–water partition coefficient (Wildman–Crippen LogP) is 5.07. The molecule has 0 fully saturated rings. The van der Waals surface area contributed by atoms with Crippen LogP contribution in [0.5, 0.6) is 17.2 Å². The van der Waals surface area contributed by atoms with E-state index >= 15 is 0 Å². The van der Waals surface area contributed by atoms with E-state index < -0.39 is 31.7 Å². The molecule has 0 radical (unpaired) electrons. The number of alkyl halides is 3. The van der Waals surface area contributed by atoms with Gasteiger partial charge in [0, 0.05) is 0 Å². The van der Waals surface area contributed by atoms with Crippen LogP contribution < -0.4 is 9.47 Å². The zero-order valence-electron chi connectivity index (χ0n) is 15.4. The van der Waals surface area contributed by atoms with Crippen molar-refractivity contribution in [2.45, 2.75) is 31.7 Å². The smallest absolute Gasteiger partial charge is 0.416 e. The van der Waals surface area contributed by atoms with Gasteiger partial charge in [-0.1, -0.05) is 11.6 Å². The Morgan fingerprint density at radius 1 is 1.10 bits per heavy atom. The second-order valence-corrected chi connectivity index (χ2v) is 7.74. The van der Waals surface area contributed by atoms with Crippen LogP contribution in [0.15, 0.2) is 42.5 Å². The molecular weight excluding hydrogens is 436 g/mol. The fourth-order valence-electron chi connectivity index (χ4n) is 2.19. The highest BCUT2D eigenvalue weighted by Crippen LogP contribution is 2.36. The van der Waals surface area contributed by atoms with Crippen molar-refractivity contribution in [2.75, 3.05) is 6.61 Å². The maximum Gasteiger partial charge on any atom is 0.416 e. The summed E-state index contributed by atoms with van der Waals surface area (Å²) in [5.74, 6) is 0.719. The summed E-state index contributed by atoms with van der Waals surface area (Å²) in [5.41, 5.74) is -2.01. The van der Waals surface area contributed by atoms with Gasteiger partial charge in [-0.2, -0.15) is 13.2 Å². The Kier molecular flexibility index (Phi) is 7.59. The molecule has 0 saturated carbocycles. The van der Waals surface area contributed by atoms with Crippen LogP contribution >= 0.6 is 19.9 Å². The molecule has 6 nitrogen and oxygen atoms in total. The molecule has 2 N–H and O–H groups in total. The zero-order valence-corrected chi connectivity index (χ0v) is 17.1. The number of hydrogen-bond acceptors (Lipinski definition) is 5. The van der Waals surface area contributed by atoms with Gasteiger partial charge in [0.25, 0.3) is 0 Å². The molecule has 2 rings (SSSR count).